The molecule has 0 aromatic carbocycles. The summed E-state index contributed by atoms with van der Waals surface area (Å²) in [5.74, 6) is 0.967. The van der Waals surface area contributed by atoms with E-state index in [1.807, 2.05) is 38.2 Å². The van der Waals surface area contributed by atoms with Crippen LogP contribution in [0.4, 0.5) is 5.82 Å². The molecule has 0 aliphatic carbocycles. The average molecular weight is 322 g/mol. The first-order valence-electron chi connectivity index (χ1n) is 8.31. The van der Waals surface area contributed by atoms with Crippen molar-refractivity contribution in [1.82, 2.24) is 9.97 Å². The van der Waals surface area contributed by atoms with Crippen LogP contribution in [0.5, 0.6) is 0 Å². The summed E-state index contributed by atoms with van der Waals surface area (Å²) >= 11 is 0. The van der Waals surface area contributed by atoms with Gasteiger partial charge < -0.3 is 9.64 Å². The molecule has 0 atom stereocenters. The number of rotatable bonds is 4. The van der Waals surface area contributed by atoms with Crippen LogP contribution >= 0.6 is 0 Å². The van der Waals surface area contributed by atoms with E-state index < -0.39 is 0 Å². The molecule has 3 rings (SSSR count). The Morgan fingerprint density at radius 1 is 1.33 bits per heavy atom. The zero-order valence-corrected chi connectivity index (χ0v) is 14.2. The molecule has 5 nitrogen and oxygen atoms in total. The highest BCUT2D eigenvalue weighted by Crippen LogP contribution is 2.23. The lowest BCUT2D eigenvalue weighted by Gasteiger charge is -2.33. The molecule has 0 radical (unpaired) electrons. The van der Waals surface area contributed by atoms with Crippen molar-refractivity contribution in [2.75, 3.05) is 18.0 Å². The molecule has 0 bridgehead atoms. The van der Waals surface area contributed by atoms with Crippen LogP contribution in [-0.2, 0) is 11.3 Å². The number of hydrogen-bond acceptors (Lipinski definition) is 5. The Labute approximate surface area is 142 Å². The van der Waals surface area contributed by atoms with Gasteiger partial charge in [0.1, 0.15) is 11.9 Å². The predicted octanol–water partition coefficient (Wildman–Crippen LogP) is 3.15. The number of aromatic nitrogens is 2. The SMILES string of the molecule is Cc1cc(N2CCC(OCc3cccnc3)CC2)nc(C)c1C#N. The molecule has 2 aromatic heterocycles. The van der Waals surface area contributed by atoms with Gasteiger partial charge in [0.15, 0.2) is 0 Å². The maximum absolute atomic E-state index is 9.16. The molecule has 1 aliphatic heterocycles. The van der Waals surface area contributed by atoms with Crippen molar-refractivity contribution in [2.45, 2.75) is 39.4 Å². The van der Waals surface area contributed by atoms with Crippen molar-refractivity contribution < 1.29 is 4.74 Å². The summed E-state index contributed by atoms with van der Waals surface area (Å²) in [6.07, 6.45) is 5.87. The van der Waals surface area contributed by atoms with E-state index >= 15 is 0 Å². The maximum Gasteiger partial charge on any atom is 0.129 e. The molecule has 1 aliphatic rings. The minimum absolute atomic E-state index is 0.280. The van der Waals surface area contributed by atoms with Crippen LogP contribution in [0.2, 0.25) is 0 Å². The zero-order valence-electron chi connectivity index (χ0n) is 14.2. The Hall–Kier alpha value is -2.45. The van der Waals surface area contributed by atoms with E-state index in [0.29, 0.717) is 12.2 Å². The lowest BCUT2D eigenvalue weighted by Crippen LogP contribution is -2.37. The highest BCUT2D eigenvalue weighted by molar-refractivity contribution is 5.50. The maximum atomic E-state index is 9.16. The normalized spacial score (nSPS) is 15.3. The standard InChI is InChI=1S/C19H22N4O/c1-14-10-19(22-15(2)18(14)11-20)23-8-5-17(6-9-23)24-13-16-4-3-7-21-12-16/h3-4,7,10,12,17H,5-6,8-9,13H2,1-2H3. The molecule has 0 N–H and O–H groups in total. The average Bonchev–Trinajstić information content (AvgIpc) is 2.61. The third-order valence-corrected chi connectivity index (χ3v) is 4.47. The molecule has 0 unspecified atom stereocenters. The molecule has 124 valence electrons. The minimum Gasteiger partial charge on any atom is -0.373 e. The zero-order chi connectivity index (χ0) is 16.9. The minimum atomic E-state index is 0.280. The number of hydrogen-bond donors (Lipinski definition) is 0. The van der Waals surface area contributed by atoms with Crippen molar-refractivity contribution in [3.05, 3.63) is 53.0 Å². The van der Waals surface area contributed by atoms with Crippen molar-refractivity contribution in [1.29, 1.82) is 5.26 Å². The second kappa shape index (κ2) is 7.41. The molecular formula is C19H22N4O. The molecule has 0 spiro atoms. The van der Waals surface area contributed by atoms with Crippen LogP contribution in [0.3, 0.4) is 0 Å². The van der Waals surface area contributed by atoms with Crippen molar-refractivity contribution in [3.8, 4) is 6.07 Å². The molecule has 2 aromatic rings. The topological polar surface area (TPSA) is 62.0 Å². The molecule has 5 heteroatoms. The number of anilines is 1. The van der Waals surface area contributed by atoms with E-state index in [-0.39, 0.29) is 6.10 Å². The molecule has 1 fully saturated rings. The number of nitrogens with zero attached hydrogens (tertiary/aromatic N) is 4. The van der Waals surface area contributed by atoms with Gasteiger partial charge in [-0.25, -0.2) is 4.98 Å². The summed E-state index contributed by atoms with van der Waals surface area (Å²) in [5.41, 5.74) is 3.60. The Kier molecular flexibility index (Phi) is 5.07. The van der Waals surface area contributed by atoms with Crippen LogP contribution in [0.15, 0.2) is 30.6 Å². The fourth-order valence-electron chi connectivity index (χ4n) is 3.09. The van der Waals surface area contributed by atoms with Crippen molar-refractivity contribution >= 4 is 5.82 Å². The number of ether oxygens (including phenoxy) is 1. The number of aryl methyl sites for hydroxylation is 2. The Morgan fingerprint density at radius 2 is 2.12 bits per heavy atom. The second-order valence-electron chi connectivity index (χ2n) is 6.23. The third-order valence-electron chi connectivity index (χ3n) is 4.47. The summed E-state index contributed by atoms with van der Waals surface area (Å²) in [6.45, 7) is 6.34. The van der Waals surface area contributed by atoms with Crippen LogP contribution in [0, 0.1) is 25.2 Å². The first-order chi connectivity index (χ1) is 11.7. The van der Waals surface area contributed by atoms with Gasteiger partial charge in [-0.1, -0.05) is 6.07 Å². The first-order valence-corrected chi connectivity index (χ1v) is 8.31. The second-order valence-corrected chi connectivity index (χ2v) is 6.23. The fraction of sp³-hybridized carbons (Fsp3) is 0.421. The van der Waals surface area contributed by atoms with E-state index in [9.17, 15) is 0 Å². The summed E-state index contributed by atoms with van der Waals surface area (Å²) in [5, 5.41) is 9.16. The molecule has 3 heterocycles. The van der Waals surface area contributed by atoms with Crippen LogP contribution < -0.4 is 4.90 Å². The molecule has 0 saturated carbocycles. The van der Waals surface area contributed by atoms with Crippen LogP contribution in [0.25, 0.3) is 0 Å². The van der Waals surface area contributed by atoms with Gasteiger partial charge >= 0.3 is 0 Å². The number of piperidine rings is 1. The lowest BCUT2D eigenvalue weighted by atomic mass is 10.1. The van der Waals surface area contributed by atoms with Gasteiger partial charge in [-0.3, -0.25) is 4.98 Å². The first kappa shape index (κ1) is 16.4. The van der Waals surface area contributed by atoms with Crippen LogP contribution in [-0.4, -0.2) is 29.2 Å². The quantitative estimate of drug-likeness (QED) is 0.865. The molecule has 0 amide bonds. The van der Waals surface area contributed by atoms with Gasteiger partial charge in [-0.05, 0) is 49.9 Å². The van der Waals surface area contributed by atoms with Crippen molar-refractivity contribution in [3.63, 3.8) is 0 Å². The summed E-state index contributed by atoms with van der Waals surface area (Å²) < 4.78 is 6.01. The highest BCUT2D eigenvalue weighted by Gasteiger charge is 2.21. The highest BCUT2D eigenvalue weighted by atomic mass is 16.5. The summed E-state index contributed by atoms with van der Waals surface area (Å²) in [6, 6.07) is 8.21. The largest absolute Gasteiger partial charge is 0.373 e. The summed E-state index contributed by atoms with van der Waals surface area (Å²) in [7, 11) is 0. The predicted molar refractivity (Wildman–Crippen MR) is 92.7 cm³/mol. The van der Waals surface area contributed by atoms with E-state index in [2.05, 4.69) is 20.9 Å². The van der Waals surface area contributed by atoms with Gasteiger partial charge in [-0.2, -0.15) is 5.26 Å². The third kappa shape index (κ3) is 3.72. The smallest absolute Gasteiger partial charge is 0.129 e. The van der Waals surface area contributed by atoms with Gasteiger partial charge in [0.25, 0.3) is 0 Å². The van der Waals surface area contributed by atoms with Gasteiger partial charge in [-0.15, -0.1) is 0 Å². The molecular weight excluding hydrogens is 300 g/mol. The lowest BCUT2D eigenvalue weighted by molar-refractivity contribution is 0.0249. The van der Waals surface area contributed by atoms with Crippen LogP contribution in [0.1, 0.15) is 35.2 Å². The van der Waals surface area contributed by atoms with Gasteiger partial charge in [0.2, 0.25) is 0 Å². The van der Waals surface area contributed by atoms with E-state index in [1.54, 1.807) is 6.20 Å². The van der Waals surface area contributed by atoms with E-state index in [4.69, 9.17) is 10.00 Å². The molecule has 1 saturated heterocycles. The van der Waals surface area contributed by atoms with E-state index in [0.717, 1.165) is 48.6 Å². The fourth-order valence-corrected chi connectivity index (χ4v) is 3.09. The number of nitriles is 1. The van der Waals surface area contributed by atoms with E-state index in [1.165, 1.54) is 0 Å². The van der Waals surface area contributed by atoms with Crippen molar-refractivity contribution in [2.24, 2.45) is 0 Å². The number of pyridine rings is 2. The van der Waals surface area contributed by atoms with Gasteiger partial charge in [0, 0.05) is 25.5 Å². The Balaban J connectivity index is 1.56. The Morgan fingerprint density at radius 3 is 2.75 bits per heavy atom. The summed E-state index contributed by atoms with van der Waals surface area (Å²) in [4.78, 5) is 11.0. The van der Waals surface area contributed by atoms with Gasteiger partial charge in [0.05, 0.1) is 24.0 Å². The Bertz CT molecular complexity index is 708. The monoisotopic (exact) mass is 322 g/mol. The molecule has 24 heavy (non-hydrogen) atoms.